The minimum Gasteiger partial charge on any atom is -0.394 e. The predicted molar refractivity (Wildman–Crippen MR) is 84.9 cm³/mol. The number of hydrogen-bond acceptors (Lipinski definition) is 3. The maximum atomic E-state index is 12.2. The normalized spacial score (nSPS) is 12.0. The molecule has 0 spiro atoms. The molecule has 5 heteroatoms. The van der Waals surface area contributed by atoms with E-state index in [-0.39, 0.29) is 23.6 Å². The zero-order valence-corrected chi connectivity index (χ0v) is 12.7. The minimum absolute atomic E-state index is 0.209. The third-order valence-electron chi connectivity index (χ3n) is 3.52. The molecule has 1 aromatic heterocycles. The number of aromatic nitrogens is 1. The molecular formula is C17H20N2O3. The number of H-pyrrole nitrogens is 1. The van der Waals surface area contributed by atoms with Crippen LogP contribution in [-0.4, -0.2) is 22.6 Å². The third kappa shape index (κ3) is 3.83. The number of aromatic amines is 1. The zero-order chi connectivity index (χ0) is 16.1. The number of nitrogens with one attached hydrogen (secondary N) is 2. The molecule has 1 aromatic carbocycles. The molecule has 1 unspecified atom stereocenters. The van der Waals surface area contributed by atoms with Gasteiger partial charge in [0, 0.05) is 17.3 Å². The van der Waals surface area contributed by atoms with E-state index in [4.69, 9.17) is 0 Å². The van der Waals surface area contributed by atoms with Crippen molar-refractivity contribution < 1.29 is 9.90 Å². The molecule has 22 heavy (non-hydrogen) atoms. The van der Waals surface area contributed by atoms with Gasteiger partial charge in [-0.15, -0.1) is 0 Å². The lowest BCUT2D eigenvalue weighted by Crippen LogP contribution is -2.31. The van der Waals surface area contributed by atoms with Gasteiger partial charge < -0.3 is 15.4 Å². The van der Waals surface area contributed by atoms with Gasteiger partial charge in [-0.1, -0.05) is 31.2 Å². The van der Waals surface area contributed by atoms with Crippen LogP contribution in [0.15, 0.2) is 41.2 Å². The molecular weight excluding hydrogens is 280 g/mol. The SMILES string of the molecule is CCc1ccc(C(CO)NC(=O)c2cc(C)[nH]c(=O)c2)cc1. The number of rotatable bonds is 5. The molecule has 0 aliphatic rings. The molecule has 1 atom stereocenters. The van der Waals surface area contributed by atoms with Crippen molar-refractivity contribution in [3.05, 3.63) is 69.1 Å². The van der Waals surface area contributed by atoms with Crippen LogP contribution in [0.3, 0.4) is 0 Å². The van der Waals surface area contributed by atoms with E-state index in [1.807, 2.05) is 24.3 Å². The van der Waals surface area contributed by atoms with Gasteiger partial charge in [-0.2, -0.15) is 0 Å². The van der Waals surface area contributed by atoms with Crippen LogP contribution in [-0.2, 0) is 6.42 Å². The zero-order valence-electron chi connectivity index (χ0n) is 12.7. The second-order valence-corrected chi connectivity index (χ2v) is 5.22. The molecule has 1 amide bonds. The molecule has 2 aromatic rings. The van der Waals surface area contributed by atoms with E-state index in [2.05, 4.69) is 17.2 Å². The lowest BCUT2D eigenvalue weighted by Gasteiger charge is -2.17. The van der Waals surface area contributed by atoms with Crippen molar-refractivity contribution in [3.8, 4) is 0 Å². The van der Waals surface area contributed by atoms with Gasteiger partial charge in [0.15, 0.2) is 0 Å². The van der Waals surface area contributed by atoms with Crippen molar-refractivity contribution in [2.24, 2.45) is 0 Å². The van der Waals surface area contributed by atoms with Gasteiger partial charge in [-0.05, 0) is 30.5 Å². The quantitative estimate of drug-likeness (QED) is 0.786. The van der Waals surface area contributed by atoms with Crippen LogP contribution in [0.2, 0.25) is 0 Å². The lowest BCUT2D eigenvalue weighted by molar-refractivity contribution is 0.0916. The number of hydrogen-bond donors (Lipinski definition) is 3. The Morgan fingerprint density at radius 3 is 2.50 bits per heavy atom. The van der Waals surface area contributed by atoms with Gasteiger partial charge in [0.1, 0.15) is 0 Å². The highest BCUT2D eigenvalue weighted by Gasteiger charge is 2.15. The summed E-state index contributed by atoms with van der Waals surface area (Å²) in [5, 5.41) is 12.3. The van der Waals surface area contributed by atoms with Crippen LogP contribution in [0.5, 0.6) is 0 Å². The molecule has 0 aliphatic heterocycles. The first kappa shape index (κ1) is 16.0. The van der Waals surface area contributed by atoms with E-state index in [1.165, 1.54) is 11.6 Å². The van der Waals surface area contributed by atoms with Crippen molar-refractivity contribution in [2.75, 3.05) is 6.61 Å². The minimum atomic E-state index is -0.502. The van der Waals surface area contributed by atoms with Crippen LogP contribution in [0.1, 0.15) is 40.1 Å². The number of carbonyl (C=O) groups excluding carboxylic acids is 1. The second kappa shape index (κ2) is 7.04. The molecule has 5 nitrogen and oxygen atoms in total. The van der Waals surface area contributed by atoms with Crippen LogP contribution in [0.4, 0.5) is 0 Å². The largest absolute Gasteiger partial charge is 0.394 e. The third-order valence-corrected chi connectivity index (χ3v) is 3.52. The monoisotopic (exact) mass is 300 g/mol. The first-order chi connectivity index (χ1) is 10.5. The Bertz CT molecular complexity index is 705. The Morgan fingerprint density at radius 1 is 1.27 bits per heavy atom. The number of carbonyl (C=O) groups is 1. The molecule has 116 valence electrons. The molecule has 0 saturated heterocycles. The van der Waals surface area contributed by atoms with Crippen LogP contribution in [0.25, 0.3) is 0 Å². The highest BCUT2D eigenvalue weighted by atomic mass is 16.3. The summed E-state index contributed by atoms with van der Waals surface area (Å²) in [6.45, 7) is 3.57. The summed E-state index contributed by atoms with van der Waals surface area (Å²) >= 11 is 0. The summed E-state index contributed by atoms with van der Waals surface area (Å²) in [6.07, 6.45) is 0.933. The van der Waals surface area contributed by atoms with E-state index in [9.17, 15) is 14.7 Å². The van der Waals surface area contributed by atoms with Gasteiger partial charge >= 0.3 is 0 Å². The number of aliphatic hydroxyl groups is 1. The molecule has 0 saturated carbocycles. The summed E-state index contributed by atoms with van der Waals surface area (Å²) in [6, 6.07) is 10.1. The van der Waals surface area contributed by atoms with Crippen molar-refractivity contribution in [3.63, 3.8) is 0 Å². The number of benzene rings is 1. The second-order valence-electron chi connectivity index (χ2n) is 5.22. The first-order valence-electron chi connectivity index (χ1n) is 7.25. The number of pyridine rings is 1. The van der Waals surface area contributed by atoms with E-state index in [1.54, 1.807) is 13.0 Å². The Hall–Kier alpha value is -2.40. The predicted octanol–water partition coefficient (Wildman–Crippen LogP) is 1.71. The summed E-state index contributed by atoms with van der Waals surface area (Å²) in [5.41, 5.74) is 2.60. The lowest BCUT2D eigenvalue weighted by atomic mass is 10.0. The van der Waals surface area contributed by atoms with Crippen molar-refractivity contribution in [1.29, 1.82) is 0 Å². The van der Waals surface area contributed by atoms with Crippen molar-refractivity contribution >= 4 is 5.91 Å². The Balaban J connectivity index is 2.18. The molecule has 2 rings (SSSR count). The van der Waals surface area contributed by atoms with Crippen LogP contribution in [0, 0.1) is 6.92 Å². The number of amides is 1. The summed E-state index contributed by atoms with van der Waals surface area (Å²) in [5.74, 6) is -0.382. The Morgan fingerprint density at radius 2 is 1.95 bits per heavy atom. The fraction of sp³-hybridized carbons (Fsp3) is 0.294. The maximum Gasteiger partial charge on any atom is 0.252 e. The standard InChI is InChI=1S/C17H20N2O3/c1-3-12-4-6-13(7-5-12)15(10-20)19-17(22)14-8-11(2)18-16(21)9-14/h4-9,15,20H,3,10H2,1-2H3,(H,18,21)(H,19,22). The first-order valence-corrected chi connectivity index (χ1v) is 7.25. The summed E-state index contributed by atoms with van der Waals surface area (Å²) < 4.78 is 0. The number of aliphatic hydroxyl groups excluding tert-OH is 1. The Labute approximate surface area is 129 Å². The number of aryl methyl sites for hydroxylation is 2. The molecule has 0 bridgehead atoms. The smallest absolute Gasteiger partial charge is 0.252 e. The van der Waals surface area contributed by atoms with Crippen molar-refractivity contribution in [1.82, 2.24) is 10.3 Å². The fourth-order valence-corrected chi connectivity index (χ4v) is 2.28. The van der Waals surface area contributed by atoms with E-state index in [0.29, 0.717) is 5.69 Å². The Kier molecular flexibility index (Phi) is 5.12. The summed E-state index contributed by atoms with van der Waals surface area (Å²) in [4.78, 5) is 26.3. The average Bonchev–Trinajstić information content (AvgIpc) is 2.51. The van der Waals surface area contributed by atoms with Gasteiger partial charge in [-0.25, -0.2) is 0 Å². The van der Waals surface area contributed by atoms with Gasteiger partial charge in [0.2, 0.25) is 5.56 Å². The van der Waals surface area contributed by atoms with Crippen LogP contribution >= 0.6 is 0 Å². The highest BCUT2D eigenvalue weighted by molar-refractivity contribution is 5.94. The van der Waals surface area contributed by atoms with Gasteiger partial charge in [-0.3, -0.25) is 9.59 Å². The van der Waals surface area contributed by atoms with E-state index in [0.717, 1.165) is 12.0 Å². The van der Waals surface area contributed by atoms with Gasteiger partial charge in [0.25, 0.3) is 5.91 Å². The average molecular weight is 300 g/mol. The molecule has 0 fully saturated rings. The molecule has 0 radical (unpaired) electrons. The topological polar surface area (TPSA) is 82.2 Å². The summed E-state index contributed by atoms with van der Waals surface area (Å²) in [7, 11) is 0. The molecule has 1 heterocycles. The fourth-order valence-electron chi connectivity index (χ4n) is 2.28. The van der Waals surface area contributed by atoms with Gasteiger partial charge in [0.05, 0.1) is 12.6 Å². The van der Waals surface area contributed by atoms with Crippen molar-refractivity contribution in [2.45, 2.75) is 26.3 Å². The maximum absolute atomic E-state index is 12.2. The van der Waals surface area contributed by atoms with Crippen LogP contribution < -0.4 is 10.9 Å². The van der Waals surface area contributed by atoms with E-state index >= 15 is 0 Å². The molecule has 3 N–H and O–H groups in total. The highest BCUT2D eigenvalue weighted by Crippen LogP contribution is 2.15. The molecule has 0 aliphatic carbocycles. The van der Waals surface area contributed by atoms with E-state index < -0.39 is 6.04 Å².